The molecule has 0 atom stereocenters. The van der Waals surface area contributed by atoms with Crippen LogP contribution in [0.5, 0.6) is 0 Å². The highest BCUT2D eigenvalue weighted by atomic mass is 35.5. The average Bonchev–Trinajstić information content (AvgIpc) is 3.27. The van der Waals surface area contributed by atoms with Crippen LogP contribution in [0.1, 0.15) is 38.2 Å². The number of hydrogen-bond donors (Lipinski definition) is 1. The maximum absolute atomic E-state index is 6.23. The number of nitrogens with zero attached hydrogens (tertiary/aromatic N) is 1. The summed E-state index contributed by atoms with van der Waals surface area (Å²) in [5, 5.41) is 4.30. The maximum atomic E-state index is 6.23. The highest BCUT2D eigenvalue weighted by molar-refractivity contribution is 6.30. The van der Waals surface area contributed by atoms with Gasteiger partial charge in [0.1, 0.15) is 0 Å². The minimum atomic E-state index is 0.763. The topological polar surface area (TPSA) is 15.3 Å². The normalized spacial score (nSPS) is 18.6. The molecule has 0 amide bonds. The third kappa shape index (κ3) is 3.43. The van der Waals surface area contributed by atoms with Crippen molar-refractivity contribution in [1.29, 1.82) is 0 Å². The van der Waals surface area contributed by atoms with E-state index < -0.39 is 0 Å². The first-order valence-electron chi connectivity index (χ1n) is 7.53. The second-order valence-electron chi connectivity index (χ2n) is 5.88. The lowest BCUT2D eigenvalue weighted by molar-refractivity contribution is 0.694. The van der Waals surface area contributed by atoms with Crippen LogP contribution < -0.4 is 10.2 Å². The molecule has 104 valence electrons. The first kappa shape index (κ1) is 13.3. The van der Waals surface area contributed by atoms with Crippen molar-refractivity contribution in [3.05, 3.63) is 28.8 Å². The predicted octanol–water partition coefficient (Wildman–Crippen LogP) is 3.83. The van der Waals surface area contributed by atoms with Gasteiger partial charge < -0.3 is 10.2 Å². The summed E-state index contributed by atoms with van der Waals surface area (Å²) in [6.45, 7) is 5.33. The Bertz CT molecular complexity index is 438. The third-order valence-corrected chi connectivity index (χ3v) is 4.30. The van der Waals surface area contributed by atoms with E-state index in [1.807, 2.05) is 6.07 Å². The van der Waals surface area contributed by atoms with Crippen molar-refractivity contribution in [3.63, 3.8) is 0 Å². The fourth-order valence-corrected chi connectivity index (χ4v) is 2.79. The Morgan fingerprint density at radius 3 is 2.68 bits per heavy atom. The molecule has 1 aromatic rings. The van der Waals surface area contributed by atoms with Gasteiger partial charge in [-0.25, -0.2) is 0 Å². The van der Waals surface area contributed by atoms with Crippen LogP contribution in [0.3, 0.4) is 0 Å². The van der Waals surface area contributed by atoms with Crippen LogP contribution in [0.4, 0.5) is 5.69 Å². The van der Waals surface area contributed by atoms with Gasteiger partial charge in [-0.15, -0.1) is 0 Å². The van der Waals surface area contributed by atoms with Gasteiger partial charge in [0.15, 0.2) is 0 Å². The molecular weight excluding hydrogens is 256 g/mol. The standard InChI is InChI=1S/C16H23ClN2/c1-2-18-10-13-5-6-14(17)9-16(13)19(15-7-8-15)11-12-3-4-12/h5-6,9,12,15,18H,2-4,7-8,10-11H2,1H3. The van der Waals surface area contributed by atoms with E-state index in [0.29, 0.717) is 0 Å². The quantitative estimate of drug-likeness (QED) is 0.815. The number of rotatable bonds is 7. The van der Waals surface area contributed by atoms with Gasteiger partial charge in [0.05, 0.1) is 0 Å². The molecule has 0 saturated heterocycles. The summed E-state index contributed by atoms with van der Waals surface area (Å²) in [7, 11) is 0. The van der Waals surface area contributed by atoms with E-state index in [1.165, 1.54) is 43.5 Å². The Hall–Kier alpha value is -0.730. The van der Waals surface area contributed by atoms with E-state index in [0.717, 1.165) is 30.1 Å². The zero-order chi connectivity index (χ0) is 13.2. The van der Waals surface area contributed by atoms with Crippen LogP contribution in [0.2, 0.25) is 5.02 Å². The van der Waals surface area contributed by atoms with Crippen molar-refractivity contribution < 1.29 is 0 Å². The van der Waals surface area contributed by atoms with Crippen molar-refractivity contribution in [1.82, 2.24) is 5.32 Å². The highest BCUT2D eigenvalue weighted by Gasteiger charge is 2.34. The molecule has 2 nitrogen and oxygen atoms in total. The molecule has 0 heterocycles. The Kier molecular flexibility index (Phi) is 3.99. The molecular formula is C16H23ClN2. The van der Waals surface area contributed by atoms with Gasteiger partial charge in [0.25, 0.3) is 0 Å². The van der Waals surface area contributed by atoms with Gasteiger partial charge in [-0.05, 0) is 55.8 Å². The minimum Gasteiger partial charge on any atom is -0.368 e. The molecule has 3 heteroatoms. The average molecular weight is 279 g/mol. The molecule has 2 aliphatic rings. The van der Waals surface area contributed by atoms with E-state index in [4.69, 9.17) is 11.6 Å². The third-order valence-electron chi connectivity index (χ3n) is 4.06. The van der Waals surface area contributed by atoms with Crippen molar-refractivity contribution in [2.24, 2.45) is 5.92 Å². The summed E-state index contributed by atoms with van der Waals surface area (Å²) in [6, 6.07) is 7.12. The summed E-state index contributed by atoms with van der Waals surface area (Å²) in [5.41, 5.74) is 2.75. The zero-order valence-electron chi connectivity index (χ0n) is 11.7. The Morgan fingerprint density at radius 2 is 2.05 bits per heavy atom. The van der Waals surface area contributed by atoms with E-state index in [-0.39, 0.29) is 0 Å². The van der Waals surface area contributed by atoms with Crippen molar-refractivity contribution >= 4 is 17.3 Å². The largest absolute Gasteiger partial charge is 0.368 e. The monoisotopic (exact) mass is 278 g/mol. The molecule has 0 spiro atoms. The zero-order valence-corrected chi connectivity index (χ0v) is 12.4. The Morgan fingerprint density at radius 1 is 1.26 bits per heavy atom. The van der Waals surface area contributed by atoms with E-state index in [2.05, 4.69) is 29.3 Å². The summed E-state index contributed by atoms with van der Waals surface area (Å²) in [6.07, 6.45) is 5.51. The number of nitrogens with one attached hydrogen (secondary N) is 1. The summed E-state index contributed by atoms with van der Waals surface area (Å²) in [4.78, 5) is 2.62. The maximum Gasteiger partial charge on any atom is 0.0429 e. The molecule has 3 rings (SSSR count). The smallest absolute Gasteiger partial charge is 0.0429 e. The van der Waals surface area contributed by atoms with Crippen molar-refractivity contribution in [2.45, 2.75) is 45.2 Å². The number of halogens is 1. The number of benzene rings is 1. The first-order valence-corrected chi connectivity index (χ1v) is 7.91. The van der Waals surface area contributed by atoms with Gasteiger partial charge in [0.2, 0.25) is 0 Å². The van der Waals surface area contributed by atoms with Gasteiger partial charge in [-0.3, -0.25) is 0 Å². The SMILES string of the molecule is CCNCc1ccc(Cl)cc1N(CC1CC1)C1CC1. The molecule has 0 bridgehead atoms. The summed E-state index contributed by atoms with van der Waals surface area (Å²) >= 11 is 6.23. The lowest BCUT2D eigenvalue weighted by Crippen LogP contribution is -2.29. The second kappa shape index (κ2) is 5.72. The van der Waals surface area contributed by atoms with Gasteiger partial charge in [-0.2, -0.15) is 0 Å². The van der Waals surface area contributed by atoms with Crippen LogP contribution >= 0.6 is 11.6 Å². The Labute approximate surface area is 121 Å². The van der Waals surface area contributed by atoms with E-state index >= 15 is 0 Å². The minimum absolute atomic E-state index is 0.763. The first-order chi connectivity index (χ1) is 9.28. The molecule has 2 saturated carbocycles. The van der Waals surface area contributed by atoms with Gasteiger partial charge in [0, 0.05) is 29.8 Å². The van der Waals surface area contributed by atoms with Crippen molar-refractivity contribution in [3.8, 4) is 0 Å². The summed E-state index contributed by atoms with van der Waals surface area (Å²) < 4.78 is 0. The lowest BCUT2D eigenvalue weighted by Gasteiger charge is -2.27. The summed E-state index contributed by atoms with van der Waals surface area (Å²) in [5.74, 6) is 0.923. The molecule has 0 aliphatic heterocycles. The molecule has 0 aromatic heterocycles. The predicted molar refractivity (Wildman–Crippen MR) is 81.9 cm³/mol. The van der Waals surface area contributed by atoms with Crippen LogP contribution in [-0.2, 0) is 6.54 Å². The van der Waals surface area contributed by atoms with E-state index in [9.17, 15) is 0 Å². The number of hydrogen-bond acceptors (Lipinski definition) is 2. The van der Waals surface area contributed by atoms with Crippen molar-refractivity contribution in [2.75, 3.05) is 18.0 Å². The number of anilines is 1. The van der Waals surface area contributed by atoms with Crippen LogP contribution in [0.25, 0.3) is 0 Å². The Balaban J connectivity index is 1.83. The lowest BCUT2D eigenvalue weighted by atomic mass is 10.1. The molecule has 0 unspecified atom stereocenters. The molecule has 0 radical (unpaired) electrons. The molecule has 1 aromatic carbocycles. The molecule has 19 heavy (non-hydrogen) atoms. The van der Waals surface area contributed by atoms with Crippen LogP contribution in [0.15, 0.2) is 18.2 Å². The molecule has 1 N–H and O–H groups in total. The highest BCUT2D eigenvalue weighted by Crippen LogP contribution is 2.39. The van der Waals surface area contributed by atoms with Crippen LogP contribution in [-0.4, -0.2) is 19.1 Å². The van der Waals surface area contributed by atoms with Gasteiger partial charge >= 0.3 is 0 Å². The van der Waals surface area contributed by atoms with Gasteiger partial charge in [-0.1, -0.05) is 24.6 Å². The second-order valence-corrected chi connectivity index (χ2v) is 6.32. The molecule has 2 fully saturated rings. The van der Waals surface area contributed by atoms with E-state index in [1.54, 1.807) is 0 Å². The fourth-order valence-electron chi connectivity index (χ4n) is 2.62. The molecule has 2 aliphatic carbocycles. The fraction of sp³-hybridized carbons (Fsp3) is 0.625. The van der Waals surface area contributed by atoms with Crippen LogP contribution in [0, 0.1) is 5.92 Å².